The molecule has 0 spiro atoms. The van der Waals surface area contributed by atoms with Crippen LogP contribution in [0.25, 0.3) is 0 Å². The standard InChI is InChI=1S/C25H33NO11S/c1-5-32-23(30)36-11-34-21(28)18-17-19(18)25(26,22(29)35-12-37-24(31)33-6-2)16(20(17)27)10-38-15-8-7-13(3)14(4)9-15/h7-9,16-20,27H,5-6,10-12,26H2,1-4H3/t16-,17?,18+,19?,20-,25+/m1/s1. The Kier molecular flexibility index (Phi) is 9.85. The molecule has 210 valence electrons. The summed E-state index contributed by atoms with van der Waals surface area (Å²) in [5.74, 6) is -4.62. The fourth-order valence-corrected chi connectivity index (χ4v) is 6.07. The summed E-state index contributed by atoms with van der Waals surface area (Å²) in [7, 11) is 0. The van der Waals surface area contributed by atoms with Crippen LogP contribution in [0.2, 0.25) is 0 Å². The van der Waals surface area contributed by atoms with E-state index >= 15 is 0 Å². The largest absolute Gasteiger partial charge is 0.511 e. The number of carbonyl (C=O) groups excluding carboxylic acids is 4. The first-order chi connectivity index (χ1) is 18.1. The molecule has 3 N–H and O–H groups in total. The van der Waals surface area contributed by atoms with E-state index in [1.165, 1.54) is 11.8 Å². The minimum atomic E-state index is -1.78. The molecule has 0 bridgehead atoms. The van der Waals surface area contributed by atoms with Gasteiger partial charge in [0.25, 0.3) is 0 Å². The second-order valence-corrected chi connectivity index (χ2v) is 10.1. The molecule has 2 unspecified atom stereocenters. The van der Waals surface area contributed by atoms with Crippen molar-refractivity contribution in [3.05, 3.63) is 29.3 Å². The Balaban J connectivity index is 1.71. The van der Waals surface area contributed by atoms with Crippen LogP contribution in [-0.2, 0) is 38.0 Å². The van der Waals surface area contributed by atoms with Crippen LogP contribution in [0, 0.1) is 37.5 Å². The molecular formula is C25H33NO11S. The molecule has 2 aliphatic carbocycles. The number of aliphatic hydroxyl groups is 1. The van der Waals surface area contributed by atoms with E-state index in [0.717, 1.165) is 16.0 Å². The van der Waals surface area contributed by atoms with Crippen molar-refractivity contribution in [1.82, 2.24) is 0 Å². The first kappa shape index (κ1) is 29.5. The minimum absolute atomic E-state index is 0.0744. The molecule has 0 amide bonds. The van der Waals surface area contributed by atoms with Crippen LogP contribution in [0.5, 0.6) is 0 Å². The van der Waals surface area contributed by atoms with Gasteiger partial charge in [-0.25, -0.2) is 14.4 Å². The zero-order valence-corrected chi connectivity index (χ0v) is 22.5. The van der Waals surface area contributed by atoms with E-state index in [1.54, 1.807) is 13.8 Å². The summed E-state index contributed by atoms with van der Waals surface area (Å²) in [4.78, 5) is 49.6. The first-order valence-corrected chi connectivity index (χ1v) is 13.1. The fourth-order valence-electron chi connectivity index (χ4n) is 4.80. The lowest BCUT2D eigenvalue weighted by atomic mass is 9.81. The monoisotopic (exact) mass is 555 g/mol. The van der Waals surface area contributed by atoms with Crippen molar-refractivity contribution in [1.29, 1.82) is 0 Å². The SMILES string of the molecule is CCOC(=O)OCOC(=O)[C@H]1C2C1[C@](N)(C(=O)OCOC(=O)OCC)[C@H](CSc1ccc(C)c(C)c1)[C@H]2O. The molecule has 0 aromatic heterocycles. The highest BCUT2D eigenvalue weighted by Gasteiger charge is 2.78. The van der Waals surface area contributed by atoms with Gasteiger partial charge in [-0.2, -0.15) is 0 Å². The van der Waals surface area contributed by atoms with E-state index in [0.29, 0.717) is 0 Å². The van der Waals surface area contributed by atoms with Crippen molar-refractivity contribution < 1.29 is 52.7 Å². The van der Waals surface area contributed by atoms with E-state index < -0.39 is 73.1 Å². The molecular weight excluding hydrogens is 522 g/mol. The quantitative estimate of drug-likeness (QED) is 0.177. The number of thioether (sulfide) groups is 1. The molecule has 12 nitrogen and oxygen atoms in total. The average Bonchev–Trinajstić information content (AvgIpc) is 3.58. The lowest BCUT2D eigenvalue weighted by molar-refractivity contribution is -0.165. The van der Waals surface area contributed by atoms with Crippen molar-refractivity contribution in [2.45, 2.75) is 44.2 Å². The van der Waals surface area contributed by atoms with E-state index in [9.17, 15) is 24.3 Å². The lowest BCUT2D eigenvalue weighted by Gasteiger charge is -2.34. The molecule has 0 heterocycles. The van der Waals surface area contributed by atoms with Gasteiger partial charge >= 0.3 is 24.2 Å². The van der Waals surface area contributed by atoms with Gasteiger partial charge in [-0.05, 0) is 51.0 Å². The van der Waals surface area contributed by atoms with Crippen LogP contribution in [0.15, 0.2) is 23.1 Å². The predicted octanol–water partition coefficient (Wildman–Crippen LogP) is 2.29. The second kappa shape index (κ2) is 12.7. The normalized spacial score (nSPS) is 27.1. The topological polar surface area (TPSA) is 170 Å². The number of esters is 2. The summed E-state index contributed by atoms with van der Waals surface area (Å²) >= 11 is 1.41. The van der Waals surface area contributed by atoms with Gasteiger partial charge in [0.15, 0.2) is 0 Å². The summed E-state index contributed by atoms with van der Waals surface area (Å²) < 4.78 is 28.7. The Labute approximate surface area is 224 Å². The van der Waals surface area contributed by atoms with Crippen LogP contribution in [0.3, 0.4) is 0 Å². The molecule has 38 heavy (non-hydrogen) atoms. The second-order valence-electron chi connectivity index (χ2n) is 9.00. The van der Waals surface area contributed by atoms with Gasteiger partial charge < -0.3 is 39.3 Å². The highest BCUT2D eigenvalue weighted by molar-refractivity contribution is 7.99. The molecule has 0 saturated heterocycles. The maximum Gasteiger partial charge on any atom is 0.511 e. The van der Waals surface area contributed by atoms with Gasteiger partial charge in [-0.1, -0.05) is 6.07 Å². The van der Waals surface area contributed by atoms with Crippen molar-refractivity contribution >= 4 is 36.0 Å². The summed E-state index contributed by atoms with van der Waals surface area (Å²) in [6.45, 7) is 5.88. The first-order valence-electron chi connectivity index (χ1n) is 12.2. The van der Waals surface area contributed by atoms with Gasteiger partial charge in [0.1, 0.15) is 5.54 Å². The molecule has 2 fully saturated rings. The van der Waals surface area contributed by atoms with E-state index in [-0.39, 0.29) is 19.0 Å². The summed E-state index contributed by atoms with van der Waals surface area (Å²) in [5, 5.41) is 11.1. The van der Waals surface area contributed by atoms with Gasteiger partial charge in [0.05, 0.1) is 25.2 Å². The van der Waals surface area contributed by atoms with Crippen LogP contribution >= 0.6 is 11.8 Å². The minimum Gasteiger partial charge on any atom is -0.435 e. The van der Waals surface area contributed by atoms with E-state index in [1.807, 2.05) is 32.0 Å². The number of aliphatic hydroxyl groups excluding tert-OH is 1. The third kappa shape index (κ3) is 6.33. The smallest absolute Gasteiger partial charge is 0.435 e. The highest BCUT2D eigenvalue weighted by atomic mass is 32.2. The Morgan fingerprint density at radius 2 is 1.53 bits per heavy atom. The number of benzene rings is 1. The number of aryl methyl sites for hydroxylation is 2. The third-order valence-electron chi connectivity index (χ3n) is 6.85. The van der Waals surface area contributed by atoms with E-state index in [2.05, 4.69) is 14.2 Å². The van der Waals surface area contributed by atoms with E-state index in [4.69, 9.17) is 19.9 Å². The fraction of sp³-hybridized carbons (Fsp3) is 0.600. The maximum atomic E-state index is 13.2. The molecule has 1 aromatic rings. The molecule has 6 atom stereocenters. The van der Waals surface area contributed by atoms with Gasteiger partial charge in [0.2, 0.25) is 13.6 Å². The van der Waals surface area contributed by atoms with Crippen molar-refractivity contribution in [2.24, 2.45) is 29.4 Å². The van der Waals surface area contributed by atoms with Gasteiger partial charge in [-0.3, -0.25) is 4.79 Å². The lowest BCUT2D eigenvalue weighted by Crippen LogP contribution is -2.59. The van der Waals surface area contributed by atoms with Crippen molar-refractivity contribution in [2.75, 3.05) is 32.6 Å². The van der Waals surface area contributed by atoms with Crippen LogP contribution in [0.4, 0.5) is 9.59 Å². The number of ether oxygens (including phenoxy) is 6. The molecule has 1 aromatic carbocycles. The summed E-state index contributed by atoms with van der Waals surface area (Å²) in [6, 6.07) is 5.90. The van der Waals surface area contributed by atoms with Crippen LogP contribution < -0.4 is 5.73 Å². The van der Waals surface area contributed by atoms with Gasteiger partial charge in [0, 0.05) is 28.4 Å². The molecule has 2 saturated carbocycles. The molecule has 13 heteroatoms. The number of fused-ring (bicyclic) bond motifs is 1. The number of rotatable bonds is 11. The Morgan fingerprint density at radius 3 is 2.11 bits per heavy atom. The van der Waals surface area contributed by atoms with Crippen LogP contribution in [0.1, 0.15) is 25.0 Å². The highest BCUT2D eigenvalue weighted by Crippen LogP contribution is 2.64. The Morgan fingerprint density at radius 1 is 0.921 bits per heavy atom. The molecule has 0 aliphatic heterocycles. The number of carbonyl (C=O) groups is 4. The number of hydrogen-bond acceptors (Lipinski definition) is 13. The van der Waals surface area contributed by atoms with Crippen LogP contribution in [-0.4, -0.2) is 73.6 Å². The maximum absolute atomic E-state index is 13.2. The Bertz CT molecular complexity index is 1050. The third-order valence-corrected chi connectivity index (χ3v) is 7.96. The zero-order chi connectivity index (χ0) is 28.0. The predicted molar refractivity (Wildman–Crippen MR) is 132 cm³/mol. The van der Waals surface area contributed by atoms with Gasteiger partial charge in [-0.15, -0.1) is 11.8 Å². The summed E-state index contributed by atoms with van der Waals surface area (Å²) in [5.41, 5.74) is 7.07. The molecule has 3 rings (SSSR count). The molecule has 0 radical (unpaired) electrons. The zero-order valence-electron chi connectivity index (χ0n) is 21.7. The number of hydrogen-bond donors (Lipinski definition) is 2. The Hall–Kier alpha value is -3.03. The number of nitrogens with two attached hydrogens (primary N) is 1. The van der Waals surface area contributed by atoms with Crippen molar-refractivity contribution in [3.8, 4) is 0 Å². The summed E-state index contributed by atoms with van der Waals surface area (Å²) in [6.07, 6.45) is -3.14. The van der Waals surface area contributed by atoms with Crippen molar-refractivity contribution in [3.63, 3.8) is 0 Å². The molecule has 2 aliphatic rings. The average molecular weight is 556 g/mol.